The Bertz CT molecular complexity index is 1280. The lowest BCUT2D eigenvalue weighted by molar-refractivity contribution is -0.123. The molecule has 37 heavy (non-hydrogen) atoms. The molecule has 2 aromatic carbocycles. The zero-order valence-corrected chi connectivity index (χ0v) is 22.9. The minimum atomic E-state index is -3.80. The minimum Gasteiger partial charge on any atom is -0.349 e. The van der Waals surface area contributed by atoms with E-state index in [0.717, 1.165) is 38.6 Å². The zero-order valence-electron chi connectivity index (χ0n) is 22.1. The van der Waals surface area contributed by atoms with E-state index in [4.69, 9.17) is 0 Å². The Kier molecular flexibility index (Phi) is 8.37. The van der Waals surface area contributed by atoms with Crippen LogP contribution in [-0.2, 0) is 27.8 Å². The van der Waals surface area contributed by atoms with Crippen molar-refractivity contribution in [3.63, 3.8) is 0 Å². The number of nitrogens with zero attached hydrogens (tertiary/aromatic N) is 2. The van der Waals surface area contributed by atoms with Gasteiger partial charge in [0.25, 0.3) is 0 Å². The SMILES string of the molecule is CC(C)(C)NCc1ccc2c(c1)CCC[C@H]2NC(=O)C[C@@H]1CCCCN1S(=O)(=O)c1cccc(C#N)c1. The fourth-order valence-corrected chi connectivity index (χ4v) is 7.06. The standard InChI is InChI=1S/C29H38N4O3S/c1-29(2,3)31-20-22-13-14-26-23(16-22)9-7-12-27(26)32-28(34)18-24-10-4-5-15-33(24)37(35,36)25-11-6-8-21(17-25)19-30/h6,8,11,13-14,16-17,24,27,31H,4-5,7,9-10,12,15,18,20H2,1-3H3,(H,32,34)/t24-,27+/m0/s1. The maximum atomic E-state index is 13.4. The van der Waals surface area contributed by atoms with Gasteiger partial charge < -0.3 is 10.6 Å². The summed E-state index contributed by atoms with van der Waals surface area (Å²) in [4.78, 5) is 13.3. The number of amides is 1. The molecular formula is C29H38N4O3S. The van der Waals surface area contributed by atoms with Gasteiger partial charge in [-0.1, -0.05) is 30.7 Å². The number of aryl methyl sites for hydroxylation is 1. The number of sulfonamides is 1. The van der Waals surface area contributed by atoms with E-state index in [1.54, 1.807) is 12.1 Å². The number of piperidine rings is 1. The molecule has 0 spiro atoms. The third-order valence-corrected chi connectivity index (χ3v) is 9.19. The van der Waals surface area contributed by atoms with Gasteiger partial charge in [-0.05, 0) is 87.8 Å². The highest BCUT2D eigenvalue weighted by Crippen LogP contribution is 2.32. The van der Waals surface area contributed by atoms with E-state index < -0.39 is 16.1 Å². The van der Waals surface area contributed by atoms with Crippen LogP contribution in [0.5, 0.6) is 0 Å². The van der Waals surface area contributed by atoms with E-state index in [1.807, 2.05) is 6.07 Å². The summed E-state index contributed by atoms with van der Waals surface area (Å²) in [6.07, 6.45) is 5.32. The first-order valence-corrected chi connectivity index (χ1v) is 14.7. The zero-order chi connectivity index (χ0) is 26.6. The predicted molar refractivity (Wildman–Crippen MR) is 144 cm³/mol. The summed E-state index contributed by atoms with van der Waals surface area (Å²) < 4.78 is 28.3. The van der Waals surface area contributed by atoms with Crippen molar-refractivity contribution in [3.8, 4) is 6.07 Å². The summed E-state index contributed by atoms with van der Waals surface area (Å²) in [5.74, 6) is -0.116. The first-order valence-electron chi connectivity index (χ1n) is 13.2. The Morgan fingerprint density at radius 1 is 1.11 bits per heavy atom. The number of nitrogens with one attached hydrogen (secondary N) is 2. The topological polar surface area (TPSA) is 102 Å². The number of carbonyl (C=O) groups is 1. The highest BCUT2D eigenvalue weighted by atomic mass is 32.2. The van der Waals surface area contributed by atoms with Crippen molar-refractivity contribution in [1.29, 1.82) is 5.26 Å². The Morgan fingerprint density at radius 3 is 2.68 bits per heavy atom. The predicted octanol–water partition coefficient (Wildman–Crippen LogP) is 4.57. The molecule has 2 aromatic rings. The minimum absolute atomic E-state index is 0.0470. The van der Waals surface area contributed by atoms with Crippen molar-refractivity contribution in [2.75, 3.05) is 6.54 Å². The number of fused-ring (bicyclic) bond motifs is 1. The molecule has 2 aliphatic rings. The van der Waals surface area contributed by atoms with Crippen LogP contribution >= 0.6 is 0 Å². The molecule has 0 radical (unpaired) electrons. The van der Waals surface area contributed by atoms with Gasteiger partial charge in [-0.2, -0.15) is 9.57 Å². The average molecular weight is 523 g/mol. The van der Waals surface area contributed by atoms with Crippen molar-refractivity contribution in [2.45, 2.75) is 94.8 Å². The van der Waals surface area contributed by atoms with E-state index in [0.29, 0.717) is 18.5 Å². The van der Waals surface area contributed by atoms with E-state index in [1.165, 1.54) is 33.1 Å². The number of carbonyl (C=O) groups excluding carboxylic acids is 1. The van der Waals surface area contributed by atoms with Gasteiger partial charge in [-0.3, -0.25) is 4.79 Å². The second-order valence-corrected chi connectivity index (χ2v) is 13.1. The van der Waals surface area contributed by atoms with Gasteiger partial charge in [0.1, 0.15) is 0 Å². The van der Waals surface area contributed by atoms with Crippen molar-refractivity contribution in [2.24, 2.45) is 0 Å². The number of rotatable bonds is 7. The summed E-state index contributed by atoms with van der Waals surface area (Å²) in [6, 6.07) is 14.2. The van der Waals surface area contributed by atoms with Gasteiger partial charge in [0, 0.05) is 31.1 Å². The molecule has 8 heteroatoms. The number of hydrogen-bond acceptors (Lipinski definition) is 5. The van der Waals surface area contributed by atoms with E-state index in [-0.39, 0.29) is 28.8 Å². The largest absolute Gasteiger partial charge is 0.349 e. The normalized spacial score (nSPS) is 20.6. The Hall–Kier alpha value is -2.73. The monoisotopic (exact) mass is 522 g/mol. The molecule has 1 amide bonds. The number of nitriles is 1. The lowest BCUT2D eigenvalue weighted by Gasteiger charge is -2.35. The van der Waals surface area contributed by atoms with Gasteiger partial charge >= 0.3 is 0 Å². The molecule has 1 aliphatic carbocycles. The first-order chi connectivity index (χ1) is 17.6. The molecule has 0 aromatic heterocycles. The fraction of sp³-hybridized carbons (Fsp3) is 0.517. The molecule has 1 heterocycles. The van der Waals surface area contributed by atoms with Crippen LogP contribution in [-0.4, -0.2) is 36.8 Å². The molecule has 198 valence electrons. The van der Waals surface area contributed by atoms with Gasteiger partial charge in [-0.25, -0.2) is 8.42 Å². The van der Waals surface area contributed by atoms with Crippen molar-refractivity contribution >= 4 is 15.9 Å². The molecule has 4 rings (SSSR count). The summed E-state index contributed by atoms with van der Waals surface area (Å²) in [7, 11) is -3.80. The number of benzene rings is 2. The Labute approximate surface area is 221 Å². The fourth-order valence-electron chi connectivity index (χ4n) is 5.32. The van der Waals surface area contributed by atoms with Crippen LogP contribution in [0.15, 0.2) is 47.4 Å². The van der Waals surface area contributed by atoms with Gasteiger partial charge in [-0.15, -0.1) is 0 Å². The third-order valence-electron chi connectivity index (χ3n) is 7.24. The first kappa shape index (κ1) is 27.3. The molecule has 0 bridgehead atoms. The van der Waals surface area contributed by atoms with Gasteiger partial charge in [0.15, 0.2) is 0 Å². The van der Waals surface area contributed by atoms with Crippen molar-refractivity contribution < 1.29 is 13.2 Å². The maximum Gasteiger partial charge on any atom is 0.243 e. The van der Waals surface area contributed by atoms with Crippen molar-refractivity contribution in [1.82, 2.24) is 14.9 Å². The van der Waals surface area contributed by atoms with Crippen LogP contribution in [0.2, 0.25) is 0 Å². The molecule has 0 saturated carbocycles. The van der Waals surface area contributed by atoms with Crippen LogP contribution in [0.4, 0.5) is 0 Å². The molecule has 0 unspecified atom stereocenters. The molecule has 1 fully saturated rings. The summed E-state index contributed by atoms with van der Waals surface area (Å²) in [5.41, 5.74) is 4.04. The maximum absolute atomic E-state index is 13.4. The van der Waals surface area contributed by atoms with E-state index >= 15 is 0 Å². The second kappa shape index (κ2) is 11.3. The molecule has 2 atom stereocenters. The van der Waals surface area contributed by atoms with Crippen molar-refractivity contribution in [3.05, 3.63) is 64.7 Å². The molecule has 7 nitrogen and oxygen atoms in total. The molecule has 1 aliphatic heterocycles. The summed E-state index contributed by atoms with van der Waals surface area (Å²) in [5, 5.41) is 15.9. The van der Waals surface area contributed by atoms with Crippen LogP contribution in [0, 0.1) is 11.3 Å². The average Bonchev–Trinajstić information content (AvgIpc) is 2.87. The highest BCUT2D eigenvalue weighted by Gasteiger charge is 2.35. The highest BCUT2D eigenvalue weighted by molar-refractivity contribution is 7.89. The smallest absolute Gasteiger partial charge is 0.243 e. The van der Waals surface area contributed by atoms with Crippen LogP contribution < -0.4 is 10.6 Å². The molecule has 2 N–H and O–H groups in total. The lowest BCUT2D eigenvalue weighted by atomic mass is 9.86. The second-order valence-electron chi connectivity index (χ2n) is 11.3. The van der Waals surface area contributed by atoms with Crippen LogP contribution in [0.25, 0.3) is 0 Å². The summed E-state index contributed by atoms with van der Waals surface area (Å²) >= 11 is 0. The van der Waals surface area contributed by atoms with Crippen LogP contribution in [0.1, 0.15) is 87.6 Å². The van der Waals surface area contributed by atoms with Gasteiger partial charge in [0.2, 0.25) is 15.9 Å². The Morgan fingerprint density at radius 2 is 1.92 bits per heavy atom. The lowest BCUT2D eigenvalue weighted by Crippen LogP contribution is -2.46. The summed E-state index contributed by atoms with van der Waals surface area (Å²) in [6.45, 7) is 7.64. The van der Waals surface area contributed by atoms with Gasteiger partial charge in [0.05, 0.1) is 22.6 Å². The van der Waals surface area contributed by atoms with E-state index in [2.05, 4.69) is 49.6 Å². The third kappa shape index (κ3) is 6.78. The van der Waals surface area contributed by atoms with E-state index in [9.17, 15) is 18.5 Å². The van der Waals surface area contributed by atoms with Crippen LogP contribution in [0.3, 0.4) is 0 Å². The number of hydrogen-bond donors (Lipinski definition) is 2. The molecule has 1 saturated heterocycles. The molecular weight excluding hydrogens is 484 g/mol. The Balaban J connectivity index is 1.44. The quantitative estimate of drug-likeness (QED) is 0.554.